The first kappa shape index (κ1) is 20.7. The minimum atomic E-state index is 0.593. The first-order chi connectivity index (χ1) is 12.8. The van der Waals surface area contributed by atoms with Gasteiger partial charge in [-0.15, -0.1) is 0 Å². The molecule has 0 aromatic heterocycles. The molecule has 0 radical (unpaired) electrons. The molecule has 146 valence electrons. The molecular weight excluding hydrogens is 330 g/mol. The second-order valence-electron chi connectivity index (χ2n) is 6.53. The lowest BCUT2D eigenvalue weighted by Gasteiger charge is -2.21. The second kappa shape index (κ2) is 11.9. The number of rotatable bonds is 10. The van der Waals surface area contributed by atoms with E-state index in [1.165, 1.54) is 11.1 Å². The molecule has 0 aliphatic carbocycles. The molecule has 6 heteroatoms. The summed E-state index contributed by atoms with van der Waals surface area (Å²) in [6.45, 7) is 8.21. The Labute approximate surface area is 157 Å². The first-order valence-electron chi connectivity index (χ1n) is 9.44. The maximum Gasteiger partial charge on any atom is 0.193 e. The summed E-state index contributed by atoms with van der Waals surface area (Å²) >= 11 is 0. The Morgan fingerprint density at radius 2 is 2.08 bits per heavy atom. The molecular formula is C20H33N3O3. The van der Waals surface area contributed by atoms with Crippen molar-refractivity contribution in [2.24, 2.45) is 10.9 Å². The molecule has 0 spiro atoms. The Kier molecular flexibility index (Phi) is 9.45. The van der Waals surface area contributed by atoms with E-state index in [-0.39, 0.29) is 0 Å². The van der Waals surface area contributed by atoms with Crippen LogP contribution in [0, 0.1) is 5.92 Å². The van der Waals surface area contributed by atoms with E-state index in [1.54, 1.807) is 7.11 Å². The standard InChI is InChI=1S/C20H33N3O3/c1-4-25-10-11-26-16-18-7-5-6-17(12-18)13-22-20(21-2)23-9-8-19(14-23)15-24-3/h5-7,12,19H,4,8-11,13-16H2,1-3H3,(H,21,22). The fourth-order valence-electron chi connectivity index (χ4n) is 3.19. The number of benzene rings is 1. The molecule has 2 rings (SSSR count). The number of ether oxygens (including phenoxy) is 3. The largest absolute Gasteiger partial charge is 0.384 e. The molecule has 1 atom stereocenters. The van der Waals surface area contributed by atoms with Gasteiger partial charge in [-0.05, 0) is 24.5 Å². The van der Waals surface area contributed by atoms with E-state index in [2.05, 4.69) is 39.5 Å². The number of likely N-dealkylation sites (tertiary alicyclic amines) is 1. The number of guanidine groups is 1. The predicted molar refractivity (Wildman–Crippen MR) is 104 cm³/mol. The number of hydrogen-bond acceptors (Lipinski definition) is 4. The van der Waals surface area contributed by atoms with Crippen LogP contribution in [-0.2, 0) is 27.4 Å². The van der Waals surface area contributed by atoms with Gasteiger partial charge in [-0.1, -0.05) is 24.3 Å². The van der Waals surface area contributed by atoms with Crippen LogP contribution in [0.5, 0.6) is 0 Å². The Bertz CT molecular complexity index is 551. The average Bonchev–Trinajstić information content (AvgIpc) is 3.11. The van der Waals surface area contributed by atoms with Crippen LogP contribution in [0.2, 0.25) is 0 Å². The zero-order valence-corrected chi connectivity index (χ0v) is 16.4. The maximum atomic E-state index is 5.65. The van der Waals surface area contributed by atoms with Crippen molar-refractivity contribution in [3.63, 3.8) is 0 Å². The number of nitrogens with one attached hydrogen (secondary N) is 1. The maximum absolute atomic E-state index is 5.65. The molecule has 6 nitrogen and oxygen atoms in total. The highest BCUT2D eigenvalue weighted by Crippen LogP contribution is 2.16. The van der Waals surface area contributed by atoms with Crippen molar-refractivity contribution in [1.29, 1.82) is 0 Å². The first-order valence-corrected chi connectivity index (χ1v) is 9.44. The van der Waals surface area contributed by atoms with E-state index in [4.69, 9.17) is 14.2 Å². The Hall–Kier alpha value is -1.63. The molecule has 1 fully saturated rings. The van der Waals surface area contributed by atoms with Gasteiger partial charge in [-0.3, -0.25) is 4.99 Å². The average molecular weight is 364 g/mol. The third kappa shape index (κ3) is 6.94. The molecule has 0 amide bonds. The van der Waals surface area contributed by atoms with E-state index in [0.29, 0.717) is 25.7 Å². The summed E-state index contributed by atoms with van der Waals surface area (Å²) in [7, 11) is 3.61. The summed E-state index contributed by atoms with van der Waals surface area (Å²) in [6, 6.07) is 8.47. The van der Waals surface area contributed by atoms with Crippen LogP contribution in [0.15, 0.2) is 29.3 Å². The summed E-state index contributed by atoms with van der Waals surface area (Å²) < 4.78 is 16.2. The lowest BCUT2D eigenvalue weighted by molar-refractivity contribution is 0.0453. The smallest absolute Gasteiger partial charge is 0.193 e. The number of nitrogens with zero attached hydrogens (tertiary/aromatic N) is 2. The second-order valence-corrected chi connectivity index (χ2v) is 6.53. The third-order valence-electron chi connectivity index (χ3n) is 4.49. The highest BCUT2D eigenvalue weighted by Gasteiger charge is 2.24. The van der Waals surface area contributed by atoms with Crippen LogP contribution in [-0.4, -0.2) is 64.5 Å². The van der Waals surface area contributed by atoms with E-state index in [1.807, 2.05) is 14.0 Å². The molecule has 1 heterocycles. The highest BCUT2D eigenvalue weighted by atomic mass is 16.5. The Morgan fingerprint density at radius 1 is 1.27 bits per heavy atom. The predicted octanol–water partition coefficient (Wildman–Crippen LogP) is 2.28. The molecule has 1 N–H and O–H groups in total. The molecule has 26 heavy (non-hydrogen) atoms. The summed E-state index contributed by atoms with van der Waals surface area (Å²) in [5.74, 6) is 1.55. The fraction of sp³-hybridized carbons (Fsp3) is 0.650. The van der Waals surface area contributed by atoms with Crippen molar-refractivity contribution in [2.45, 2.75) is 26.5 Å². The van der Waals surface area contributed by atoms with Crippen molar-refractivity contribution in [2.75, 3.05) is 53.7 Å². The van der Waals surface area contributed by atoms with Gasteiger partial charge in [0.1, 0.15) is 0 Å². The van der Waals surface area contributed by atoms with E-state index in [0.717, 1.165) is 45.2 Å². The zero-order valence-electron chi connectivity index (χ0n) is 16.4. The van der Waals surface area contributed by atoms with Crippen molar-refractivity contribution in [3.8, 4) is 0 Å². The van der Waals surface area contributed by atoms with Gasteiger partial charge in [-0.25, -0.2) is 0 Å². The number of hydrogen-bond donors (Lipinski definition) is 1. The molecule has 0 saturated carbocycles. The van der Waals surface area contributed by atoms with Gasteiger partial charge in [-0.2, -0.15) is 0 Å². The van der Waals surface area contributed by atoms with Gasteiger partial charge < -0.3 is 24.4 Å². The summed E-state index contributed by atoms with van der Waals surface area (Å²) in [6.07, 6.45) is 1.16. The minimum Gasteiger partial charge on any atom is -0.384 e. The number of methoxy groups -OCH3 is 1. The van der Waals surface area contributed by atoms with Crippen LogP contribution in [0.4, 0.5) is 0 Å². The topological polar surface area (TPSA) is 55.3 Å². The molecule has 1 aliphatic rings. The molecule has 1 saturated heterocycles. The molecule has 1 aliphatic heterocycles. The van der Waals surface area contributed by atoms with Crippen LogP contribution in [0.1, 0.15) is 24.5 Å². The number of aliphatic imine (C=N–C) groups is 1. The van der Waals surface area contributed by atoms with Crippen LogP contribution < -0.4 is 5.32 Å². The normalized spacial score (nSPS) is 17.7. The molecule has 1 aromatic rings. The summed E-state index contributed by atoms with van der Waals surface area (Å²) in [5, 5.41) is 3.48. The van der Waals surface area contributed by atoms with Crippen LogP contribution >= 0.6 is 0 Å². The van der Waals surface area contributed by atoms with Gasteiger partial charge in [0.15, 0.2) is 5.96 Å². The summed E-state index contributed by atoms with van der Waals surface area (Å²) in [5.41, 5.74) is 2.40. The van der Waals surface area contributed by atoms with Gasteiger partial charge >= 0.3 is 0 Å². The van der Waals surface area contributed by atoms with Gasteiger partial charge in [0.25, 0.3) is 0 Å². The molecule has 0 bridgehead atoms. The van der Waals surface area contributed by atoms with E-state index >= 15 is 0 Å². The highest BCUT2D eigenvalue weighted by molar-refractivity contribution is 5.80. The van der Waals surface area contributed by atoms with E-state index in [9.17, 15) is 0 Å². The SMILES string of the molecule is CCOCCOCc1cccc(CNC(=NC)N2CCC(COC)C2)c1. The monoisotopic (exact) mass is 363 g/mol. The fourth-order valence-corrected chi connectivity index (χ4v) is 3.19. The molecule has 1 unspecified atom stereocenters. The van der Waals surface area contributed by atoms with E-state index < -0.39 is 0 Å². The van der Waals surface area contributed by atoms with Crippen LogP contribution in [0.25, 0.3) is 0 Å². The third-order valence-corrected chi connectivity index (χ3v) is 4.49. The summed E-state index contributed by atoms with van der Waals surface area (Å²) in [4.78, 5) is 6.74. The van der Waals surface area contributed by atoms with Crippen molar-refractivity contribution < 1.29 is 14.2 Å². The Morgan fingerprint density at radius 3 is 2.85 bits per heavy atom. The van der Waals surface area contributed by atoms with Gasteiger partial charge in [0.05, 0.1) is 26.4 Å². The van der Waals surface area contributed by atoms with Crippen molar-refractivity contribution >= 4 is 5.96 Å². The Balaban J connectivity index is 1.78. The lowest BCUT2D eigenvalue weighted by atomic mass is 10.1. The minimum absolute atomic E-state index is 0.593. The van der Waals surface area contributed by atoms with Gasteiger partial charge in [0, 0.05) is 46.3 Å². The molecule has 1 aromatic carbocycles. The quantitative estimate of drug-likeness (QED) is 0.393. The van der Waals surface area contributed by atoms with Crippen molar-refractivity contribution in [1.82, 2.24) is 10.2 Å². The van der Waals surface area contributed by atoms with Crippen molar-refractivity contribution in [3.05, 3.63) is 35.4 Å². The lowest BCUT2D eigenvalue weighted by Crippen LogP contribution is -2.39. The van der Waals surface area contributed by atoms with Gasteiger partial charge in [0.2, 0.25) is 0 Å². The van der Waals surface area contributed by atoms with Crippen LogP contribution in [0.3, 0.4) is 0 Å². The zero-order chi connectivity index (χ0) is 18.6.